The Morgan fingerprint density at radius 1 is 1.44 bits per heavy atom. The third kappa shape index (κ3) is 5.01. The van der Waals surface area contributed by atoms with Crippen LogP contribution in [0.1, 0.15) is 13.8 Å². The number of hydrogen-bond acceptors (Lipinski definition) is 3. The Hall–Kier alpha value is -1.82. The number of aromatic nitrogens is 1. The molecule has 6 heteroatoms. The van der Waals surface area contributed by atoms with Crippen molar-refractivity contribution in [1.29, 1.82) is 0 Å². The lowest BCUT2D eigenvalue weighted by Gasteiger charge is -2.14. The maximum absolute atomic E-state index is 11.4. The summed E-state index contributed by atoms with van der Waals surface area (Å²) in [6.45, 7) is 3.95. The van der Waals surface area contributed by atoms with Gasteiger partial charge in [0.2, 0.25) is 0 Å². The molecule has 1 rings (SSSR count). The van der Waals surface area contributed by atoms with E-state index in [0.29, 0.717) is 0 Å². The highest BCUT2D eigenvalue weighted by molar-refractivity contribution is 5.74. The maximum atomic E-state index is 11.4. The van der Waals surface area contributed by atoms with Crippen LogP contribution in [0.4, 0.5) is 4.79 Å². The van der Waals surface area contributed by atoms with E-state index >= 15 is 0 Å². The molecule has 6 nitrogen and oxygen atoms in total. The molecule has 1 unspecified atom stereocenters. The molecule has 0 aliphatic carbocycles. The summed E-state index contributed by atoms with van der Waals surface area (Å²) < 4.78 is 1.40. The number of pyridine rings is 1. The Bertz CT molecular complexity index is 442. The van der Waals surface area contributed by atoms with Crippen LogP contribution in [0.15, 0.2) is 29.2 Å². The maximum Gasteiger partial charge on any atom is 0.315 e. The van der Waals surface area contributed by atoms with E-state index in [1.54, 1.807) is 18.3 Å². The van der Waals surface area contributed by atoms with E-state index in [1.807, 2.05) is 13.8 Å². The van der Waals surface area contributed by atoms with Gasteiger partial charge >= 0.3 is 6.03 Å². The smallest absolute Gasteiger partial charge is 0.315 e. The molecule has 0 aliphatic heterocycles. The molecular formula is C12H19N3O3. The highest BCUT2D eigenvalue weighted by Gasteiger charge is 2.08. The first-order valence-corrected chi connectivity index (χ1v) is 5.87. The van der Waals surface area contributed by atoms with Crippen molar-refractivity contribution in [3.8, 4) is 0 Å². The summed E-state index contributed by atoms with van der Waals surface area (Å²) in [5, 5.41) is 14.9. The summed E-state index contributed by atoms with van der Waals surface area (Å²) in [6.07, 6.45) is 0.794. The highest BCUT2D eigenvalue weighted by atomic mass is 16.3. The number of aliphatic hydroxyl groups is 1. The number of carbonyl (C=O) groups is 1. The van der Waals surface area contributed by atoms with Crippen molar-refractivity contribution < 1.29 is 9.90 Å². The van der Waals surface area contributed by atoms with Gasteiger partial charge in [-0.15, -0.1) is 0 Å². The Morgan fingerprint density at radius 3 is 2.78 bits per heavy atom. The van der Waals surface area contributed by atoms with Crippen molar-refractivity contribution in [2.24, 2.45) is 0 Å². The fraction of sp³-hybridized carbons (Fsp3) is 0.500. The molecule has 0 fully saturated rings. The molecule has 0 saturated carbocycles. The number of urea groups is 1. The third-order valence-corrected chi connectivity index (χ3v) is 2.22. The molecule has 1 heterocycles. The Kier molecular flexibility index (Phi) is 5.38. The van der Waals surface area contributed by atoms with Crippen molar-refractivity contribution in [2.75, 3.05) is 6.54 Å². The van der Waals surface area contributed by atoms with Crippen molar-refractivity contribution in [1.82, 2.24) is 15.2 Å². The fourth-order valence-corrected chi connectivity index (χ4v) is 1.43. The molecule has 0 aromatic carbocycles. The zero-order valence-corrected chi connectivity index (χ0v) is 10.6. The second-order valence-electron chi connectivity index (χ2n) is 4.35. The summed E-state index contributed by atoms with van der Waals surface area (Å²) in [4.78, 5) is 22.7. The molecule has 1 aromatic rings. The molecule has 0 aliphatic rings. The first kappa shape index (κ1) is 14.2. The predicted octanol–water partition coefficient (Wildman–Crippen LogP) is -0.0832. The minimum absolute atomic E-state index is 0.0406. The molecule has 2 amide bonds. The third-order valence-electron chi connectivity index (χ3n) is 2.22. The molecule has 18 heavy (non-hydrogen) atoms. The van der Waals surface area contributed by atoms with Crippen molar-refractivity contribution in [3.63, 3.8) is 0 Å². The van der Waals surface area contributed by atoms with Gasteiger partial charge in [-0.05, 0) is 19.9 Å². The standard InChI is InChI=1S/C12H19N3O3/c1-9(2)14-12(18)13-7-10(16)8-15-6-4-3-5-11(15)17/h3-6,9-10,16H,7-8H2,1-2H3,(H2,13,14,18). The monoisotopic (exact) mass is 253 g/mol. The number of nitrogens with one attached hydrogen (secondary N) is 2. The number of hydrogen-bond donors (Lipinski definition) is 3. The number of amides is 2. The van der Waals surface area contributed by atoms with E-state index in [-0.39, 0.29) is 30.7 Å². The van der Waals surface area contributed by atoms with Crippen LogP contribution in [0.25, 0.3) is 0 Å². The molecule has 100 valence electrons. The molecule has 1 atom stereocenters. The molecule has 0 spiro atoms. The Morgan fingerprint density at radius 2 is 2.17 bits per heavy atom. The van der Waals surface area contributed by atoms with Crippen LogP contribution in [-0.4, -0.2) is 34.4 Å². The van der Waals surface area contributed by atoms with E-state index in [2.05, 4.69) is 10.6 Å². The molecule has 3 N–H and O–H groups in total. The van der Waals surface area contributed by atoms with Gasteiger partial charge in [0.1, 0.15) is 0 Å². The SMILES string of the molecule is CC(C)NC(=O)NCC(O)Cn1ccccc1=O. The van der Waals surface area contributed by atoms with Gasteiger partial charge in [-0.3, -0.25) is 4.79 Å². The molecule has 0 radical (unpaired) electrons. The summed E-state index contributed by atoms with van der Waals surface area (Å²) in [6, 6.07) is 4.49. The number of aliphatic hydroxyl groups excluding tert-OH is 1. The summed E-state index contributed by atoms with van der Waals surface area (Å²) >= 11 is 0. The van der Waals surface area contributed by atoms with E-state index in [0.717, 1.165) is 0 Å². The van der Waals surface area contributed by atoms with Crippen molar-refractivity contribution in [2.45, 2.75) is 32.5 Å². The van der Waals surface area contributed by atoms with Gasteiger partial charge in [-0.25, -0.2) is 4.79 Å². The zero-order valence-electron chi connectivity index (χ0n) is 10.6. The van der Waals surface area contributed by atoms with Crippen LogP contribution in [0.2, 0.25) is 0 Å². The van der Waals surface area contributed by atoms with Crippen LogP contribution < -0.4 is 16.2 Å². The fourth-order valence-electron chi connectivity index (χ4n) is 1.43. The lowest BCUT2D eigenvalue weighted by Crippen LogP contribution is -2.43. The minimum atomic E-state index is -0.803. The van der Waals surface area contributed by atoms with Crippen LogP contribution in [-0.2, 0) is 6.54 Å². The van der Waals surface area contributed by atoms with Crippen LogP contribution >= 0.6 is 0 Å². The zero-order chi connectivity index (χ0) is 13.5. The van der Waals surface area contributed by atoms with Gasteiger partial charge in [0.15, 0.2) is 0 Å². The van der Waals surface area contributed by atoms with Crippen LogP contribution in [0, 0.1) is 0 Å². The normalized spacial score (nSPS) is 12.2. The second-order valence-corrected chi connectivity index (χ2v) is 4.35. The molecule has 1 aromatic heterocycles. The molecule has 0 bridgehead atoms. The summed E-state index contributed by atoms with van der Waals surface area (Å²) in [7, 11) is 0. The van der Waals surface area contributed by atoms with Gasteiger partial charge < -0.3 is 20.3 Å². The van der Waals surface area contributed by atoms with Gasteiger partial charge in [0.05, 0.1) is 12.6 Å². The van der Waals surface area contributed by atoms with Gasteiger partial charge in [0.25, 0.3) is 5.56 Å². The van der Waals surface area contributed by atoms with Crippen LogP contribution in [0.5, 0.6) is 0 Å². The Labute approximate surface area is 106 Å². The van der Waals surface area contributed by atoms with Gasteiger partial charge in [-0.1, -0.05) is 6.07 Å². The summed E-state index contributed by atoms with van der Waals surface area (Å²) in [5.74, 6) is 0. The van der Waals surface area contributed by atoms with E-state index in [1.165, 1.54) is 10.6 Å². The average Bonchev–Trinajstić information content (AvgIpc) is 2.29. The lowest BCUT2D eigenvalue weighted by molar-refractivity contribution is 0.150. The van der Waals surface area contributed by atoms with E-state index < -0.39 is 6.10 Å². The number of rotatable bonds is 5. The Balaban J connectivity index is 2.38. The van der Waals surface area contributed by atoms with E-state index in [4.69, 9.17) is 0 Å². The predicted molar refractivity (Wildman–Crippen MR) is 68.4 cm³/mol. The van der Waals surface area contributed by atoms with Crippen molar-refractivity contribution in [3.05, 3.63) is 34.7 Å². The van der Waals surface area contributed by atoms with E-state index in [9.17, 15) is 14.7 Å². The van der Waals surface area contributed by atoms with Crippen LogP contribution in [0.3, 0.4) is 0 Å². The first-order chi connectivity index (χ1) is 8.49. The molecular weight excluding hydrogens is 234 g/mol. The number of nitrogens with zero attached hydrogens (tertiary/aromatic N) is 1. The quantitative estimate of drug-likeness (QED) is 0.686. The molecule has 0 saturated heterocycles. The largest absolute Gasteiger partial charge is 0.389 e. The minimum Gasteiger partial charge on any atom is -0.389 e. The second kappa shape index (κ2) is 6.80. The lowest BCUT2D eigenvalue weighted by atomic mass is 10.3. The van der Waals surface area contributed by atoms with Gasteiger partial charge in [-0.2, -0.15) is 0 Å². The first-order valence-electron chi connectivity index (χ1n) is 5.87. The topological polar surface area (TPSA) is 83.4 Å². The summed E-state index contributed by atoms with van der Waals surface area (Å²) in [5.41, 5.74) is -0.178. The average molecular weight is 253 g/mol. The highest BCUT2D eigenvalue weighted by Crippen LogP contribution is 1.88. The van der Waals surface area contributed by atoms with Crippen molar-refractivity contribution >= 4 is 6.03 Å². The van der Waals surface area contributed by atoms with Gasteiger partial charge in [0, 0.05) is 24.8 Å². The number of carbonyl (C=O) groups excluding carboxylic acids is 1.